The van der Waals surface area contributed by atoms with Gasteiger partial charge in [-0.2, -0.15) is 0 Å². The second kappa shape index (κ2) is 11.8. The van der Waals surface area contributed by atoms with Crippen molar-refractivity contribution in [1.82, 2.24) is 9.97 Å². The summed E-state index contributed by atoms with van der Waals surface area (Å²) in [6, 6.07) is 30.5. The van der Waals surface area contributed by atoms with Crippen LogP contribution in [0.2, 0.25) is 5.02 Å². The van der Waals surface area contributed by atoms with Crippen molar-refractivity contribution in [2.45, 2.75) is 38.0 Å². The van der Waals surface area contributed by atoms with Gasteiger partial charge >= 0.3 is 5.97 Å². The highest BCUT2D eigenvalue weighted by molar-refractivity contribution is 6.30. The third kappa shape index (κ3) is 5.22. The highest BCUT2D eigenvalue weighted by atomic mass is 35.5. The lowest BCUT2D eigenvalue weighted by molar-refractivity contribution is 0.0601. The maximum absolute atomic E-state index is 12.3. The van der Waals surface area contributed by atoms with Crippen LogP contribution in [-0.2, 0) is 4.74 Å². The van der Waals surface area contributed by atoms with Crippen molar-refractivity contribution in [1.29, 1.82) is 0 Å². The molecule has 6 heteroatoms. The number of halogens is 1. The lowest BCUT2D eigenvalue weighted by Crippen LogP contribution is -2.05. The number of nitrogens with one attached hydrogen (secondary N) is 1. The number of rotatable bonds is 6. The zero-order chi connectivity index (χ0) is 30.2. The van der Waals surface area contributed by atoms with Gasteiger partial charge in [-0.05, 0) is 95.6 Å². The average Bonchev–Trinajstić information content (AvgIpc) is 3.47. The van der Waals surface area contributed by atoms with E-state index in [1.54, 1.807) is 7.11 Å². The molecule has 6 aromatic rings. The second-order valence-electron chi connectivity index (χ2n) is 11.5. The SMILES string of the molecule is COC(=O)c1ccc2c(C3CCCCC3)c(-c3ccc4nc(-c5cc(OC)ccc5-c5ccc(Cl)cc5)ccc4c3)[nH]c2c1. The number of nitrogens with zero attached hydrogens (tertiary/aromatic N) is 1. The van der Waals surface area contributed by atoms with Crippen LogP contribution in [0, 0.1) is 0 Å². The van der Waals surface area contributed by atoms with E-state index in [9.17, 15) is 4.79 Å². The topological polar surface area (TPSA) is 64.2 Å². The highest BCUT2D eigenvalue weighted by Gasteiger charge is 2.24. The Balaban J connectivity index is 1.32. The molecule has 4 aromatic carbocycles. The number of hydrogen-bond acceptors (Lipinski definition) is 4. The first-order valence-electron chi connectivity index (χ1n) is 15.1. The zero-order valence-electron chi connectivity index (χ0n) is 24.8. The molecule has 1 aliphatic rings. The summed E-state index contributed by atoms with van der Waals surface area (Å²) >= 11 is 6.17. The minimum absolute atomic E-state index is 0.329. The van der Waals surface area contributed by atoms with Gasteiger partial charge in [0.15, 0.2) is 0 Å². The van der Waals surface area contributed by atoms with Crippen LogP contribution in [0.25, 0.3) is 55.4 Å². The Kier molecular flexibility index (Phi) is 7.57. The van der Waals surface area contributed by atoms with Gasteiger partial charge in [0.05, 0.1) is 31.0 Å². The molecule has 0 atom stereocenters. The summed E-state index contributed by atoms with van der Waals surface area (Å²) in [6.07, 6.45) is 6.12. The molecule has 0 saturated heterocycles. The van der Waals surface area contributed by atoms with Crippen LogP contribution in [0.1, 0.15) is 53.9 Å². The number of esters is 1. The van der Waals surface area contributed by atoms with Gasteiger partial charge in [0, 0.05) is 32.6 Å². The van der Waals surface area contributed by atoms with Gasteiger partial charge in [-0.15, -0.1) is 0 Å². The average molecular weight is 601 g/mol. The maximum atomic E-state index is 12.3. The largest absolute Gasteiger partial charge is 0.497 e. The quantitative estimate of drug-likeness (QED) is 0.193. The summed E-state index contributed by atoms with van der Waals surface area (Å²) in [5.74, 6) is 0.927. The number of pyridine rings is 1. The first-order valence-corrected chi connectivity index (χ1v) is 15.5. The number of hydrogen-bond donors (Lipinski definition) is 1. The smallest absolute Gasteiger partial charge is 0.337 e. The Labute approximate surface area is 261 Å². The van der Waals surface area contributed by atoms with Crippen LogP contribution in [-0.4, -0.2) is 30.2 Å². The summed E-state index contributed by atoms with van der Waals surface area (Å²) in [4.78, 5) is 21.1. The molecule has 1 fully saturated rings. The first-order chi connectivity index (χ1) is 21.5. The van der Waals surface area contributed by atoms with Gasteiger partial charge in [0.2, 0.25) is 0 Å². The molecule has 1 aliphatic carbocycles. The number of carbonyl (C=O) groups is 1. The van der Waals surface area contributed by atoms with Crippen molar-refractivity contribution < 1.29 is 14.3 Å². The van der Waals surface area contributed by atoms with E-state index in [4.69, 9.17) is 26.1 Å². The van der Waals surface area contributed by atoms with E-state index in [2.05, 4.69) is 47.4 Å². The van der Waals surface area contributed by atoms with Crippen LogP contribution >= 0.6 is 11.6 Å². The maximum Gasteiger partial charge on any atom is 0.337 e. The van der Waals surface area contributed by atoms with E-state index in [0.717, 1.165) is 55.8 Å². The molecule has 0 unspecified atom stereocenters. The Morgan fingerprint density at radius 3 is 2.39 bits per heavy atom. The summed E-state index contributed by atoms with van der Waals surface area (Å²) in [7, 11) is 3.10. The summed E-state index contributed by atoms with van der Waals surface area (Å²) in [5, 5.41) is 2.94. The van der Waals surface area contributed by atoms with Crippen molar-refractivity contribution in [2.24, 2.45) is 0 Å². The third-order valence-corrected chi connectivity index (χ3v) is 9.16. The predicted octanol–water partition coefficient (Wildman–Crippen LogP) is 10.2. The van der Waals surface area contributed by atoms with Gasteiger partial charge in [0.1, 0.15) is 5.75 Å². The predicted molar refractivity (Wildman–Crippen MR) is 179 cm³/mol. The number of aromatic nitrogens is 2. The van der Waals surface area contributed by atoms with Gasteiger partial charge < -0.3 is 14.5 Å². The molecule has 7 rings (SSSR count). The van der Waals surface area contributed by atoms with Crippen LogP contribution in [0.4, 0.5) is 0 Å². The molecule has 44 heavy (non-hydrogen) atoms. The van der Waals surface area contributed by atoms with E-state index in [-0.39, 0.29) is 5.97 Å². The lowest BCUT2D eigenvalue weighted by Gasteiger charge is -2.23. The number of carbonyl (C=O) groups excluding carboxylic acids is 1. The standard InChI is InChI=1S/C38H33ClN2O3/c1-43-29-15-17-30(23-8-13-28(39)14-9-23)32(22-29)34-19-11-25-20-26(12-18-33(25)40-34)37-36(24-6-4-3-5-7-24)31-16-10-27(38(42)44-2)21-35(31)41-37/h8-22,24,41H,3-7H2,1-2H3. The zero-order valence-corrected chi connectivity index (χ0v) is 25.6. The third-order valence-electron chi connectivity index (χ3n) is 8.91. The molecule has 0 radical (unpaired) electrons. The molecule has 0 bridgehead atoms. The fraction of sp³-hybridized carbons (Fsp3) is 0.211. The minimum atomic E-state index is -0.329. The molecule has 0 aliphatic heterocycles. The summed E-state index contributed by atoms with van der Waals surface area (Å²) in [6.45, 7) is 0. The van der Waals surface area contributed by atoms with Gasteiger partial charge in [-0.1, -0.05) is 67.3 Å². The monoisotopic (exact) mass is 600 g/mol. The fourth-order valence-electron chi connectivity index (χ4n) is 6.68. The van der Waals surface area contributed by atoms with E-state index in [0.29, 0.717) is 16.5 Å². The Morgan fingerprint density at radius 2 is 1.61 bits per heavy atom. The molecule has 5 nitrogen and oxygen atoms in total. The second-order valence-corrected chi connectivity index (χ2v) is 12.0. The number of methoxy groups -OCH3 is 2. The molecule has 220 valence electrons. The molecular formula is C38H33ClN2O3. The summed E-state index contributed by atoms with van der Waals surface area (Å²) < 4.78 is 10.6. The first kappa shape index (κ1) is 28.2. The van der Waals surface area contributed by atoms with Gasteiger partial charge in [0.25, 0.3) is 0 Å². The van der Waals surface area contributed by atoms with E-state index in [1.165, 1.54) is 50.2 Å². The molecule has 0 spiro atoms. The molecule has 1 saturated carbocycles. The van der Waals surface area contributed by atoms with Crippen molar-refractivity contribution >= 4 is 39.4 Å². The number of benzene rings is 4. The number of H-pyrrole nitrogens is 1. The van der Waals surface area contributed by atoms with Crippen LogP contribution < -0.4 is 4.74 Å². The van der Waals surface area contributed by atoms with Crippen molar-refractivity contribution in [3.8, 4) is 39.4 Å². The Bertz CT molecular complexity index is 2010. The Hall–Kier alpha value is -4.61. The normalized spacial score (nSPS) is 13.8. The van der Waals surface area contributed by atoms with Crippen molar-refractivity contribution in [2.75, 3.05) is 14.2 Å². The number of fused-ring (bicyclic) bond motifs is 2. The molecule has 0 amide bonds. The van der Waals surface area contributed by atoms with Crippen LogP contribution in [0.5, 0.6) is 5.75 Å². The van der Waals surface area contributed by atoms with E-state index >= 15 is 0 Å². The molecular weight excluding hydrogens is 568 g/mol. The van der Waals surface area contributed by atoms with Gasteiger partial charge in [-0.25, -0.2) is 9.78 Å². The number of ether oxygens (including phenoxy) is 2. The molecule has 2 heterocycles. The van der Waals surface area contributed by atoms with Gasteiger partial charge in [-0.3, -0.25) is 0 Å². The van der Waals surface area contributed by atoms with Crippen LogP contribution in [0.3, 0.4) is 0 Å². The van der Waals surface area contributed by atoms with E-state index in [1.807, 2.05) is 48.5 Å². The minimum Gasteiger partial charge on any atom is -0.497 e. The Morgan fingerprint density at radius 1 is 0.818 bits per heavy atom. The van der Waals surface area contributed by atoms with Crippen molar-refractivity contribution in [3.05, 3.63) is 107 Å². The van der Waals surface area contributed by atoms with Crippen LogP contribution in [0.15, 0.2) is 91.0 Å². The molecule has 2 aromatic heterocycles. The fourth-order valence-corrected chi connectivity index (χ4v) is 6.81. The lowest BCUT2D eigenvalue weighted by atomic mass is 9.81. The van der Waals surface area contributed by atoms with E-state index < -0.39 is 0 Å². The highest BCUT2D eigenvalue weighted by Crippen LogP contribution is 2.43. The van der Waals surface area contributed by atoms with Crippen molar-refractivity contribution in [3.63, 3.8) is 0 Å². The molecule has 1 N–H and O–H groups in total. The summed E-state index contributed by atoms with van der Waals surface area (Å²) in [5.41, 5.74) is 10.0. The number of aromatic amines is 1.